The standard InChI is InChI=1S/C13H12Br2N2O2/c1-18-11-5-10(15)12(6-9(11)14)19-7-8-3-2-4-13(16)17-8/h2-6H,7H2,1H3,(H2,16,17). The lowest BCUT2D eigenvalue weighted by Gasteiger charge is -2.11. The molecular formula is C13H12Br2N2O2. The Kier molecular flexibility index (Phi) is 4.66. The van der Waals surface area contributed by atoms with Crippen molar-refractivity contribution in [1.29, 1.82) is 0 Å². The van der Waals surface area contributed by atoms with Gasteiger partial charge in [-0.25, -0.2) is 4.98 Å². The van der Waals surface area contributed by atoms with E-state index in [2.05, 4.69) is 36.8 Å². The molecule has 0 unspecified atom stereocenters. The highest BCUT2D eigenvalue weighted by Crippen LogP contribution is 2.36. The molecule has 2 rings (SSSR count). The molecule has 0 aliphatic heterocycles. The number of ether oxygens (including phenoxy) is 2. The first-order valence-corrected chi connectivity index (χ1v) is 7.06. The number of benzene rings is 1. The van der Waals surface area contributed by atoms with E-state index >= 15 is 0 Å². The van der Waals surface area contributed by atoms with Crippen molar-refractivity contribution in [2.75, 3.05) is 12.8 Å². The Morgan fingerprint density at radius 1 is 1.16 bits per heavy atom. The van der Waals surface area contributed by atoms with Crippen LogP contribution in [0.5, 0.6) is 11.5 Å². The molecule has 0 bridgehead atoms. The molecule has 0 amide bonds. The molecule has 0 saturated heterocycles. The van der Waals surface area contributed by atoms with Crippen LogP contribution in [-0.4, -0.2) is 12.1 Å². The molecule has 0 aliphatic carbocycles. The SMILES string of the molecule is COc1cc(Br)c(OCc2cccc(N)n2)cc1Br. The predicted molar refractivity (Wildman–Crippen MR) is 81.4 cm³/mol. The van der Waals surface area contributed by atoms with Gasteiger partial charge in [-0.3, -0.25) is 0 Å². The van der Waals surface area contributed by atoms with Crippen molar-refractivity contribution in [3.05, 3.63) is 45.0 Å². The van der Waals surface area contributed by atoms with Gasteiger partial charge in [0.15, 0.2) is 0 Å². The molecule has 0 radical (unpaired) electrons. The summed E-state index contributed by atoms with van der Waals surface area (Å²) in [6.07, 6.45) is 0. The molecule has 2 N–H and O–H groups in total. The van der Waals surface area contributed by atoms with E-state index in [4.69, 9.17) is 15.2 Å². The Morgan fingerprint density at radius 2 is 1.84 bits per heavy atom. The van der Waals surface area contributed by atoms with Gasteiger partial charge < -0.3 is 15.2 Å². The summed E-state index contributed by atoms with van der Waals surface area (Å²) in [6, 6.07) is 9.13. The summed E-state index contributed by atoms with van der Waals surface area (Å²) in [5.41, 5.74) is 6.40. The number of methoxy groups -OCH3 is 1. The van der Waals surface area contributed by atoms with E-state index < -0.39 is 0 Å². The first-order chi connectivity index (χ1) is 9.10. The smallest absolute Gasteiger partial charge is 0.135 e. The highest BCUT2D eigenvalue weighted by atomic mass is 79.9. The second kappa shape index (κ2) is 6.25. The number of nitrogen functional groups attached to an aromatic ring is 1. The third kappa shape index (κ3) is 3.61. The number of hydrogen-bond donors (Lipinski definition) is 1. The van der Waals surface area contributed by atoms with Gasteiger partial charge in [-0.15, -0.1) is 0 Å². The number of anilines is 1. The van der Waals surface area contributed by atoms with Crippen LogP contribution in [0.1, 0.15) is 5.69 Å². The highest BCUT2D eigenvalue weighted by Gasteiger charge is 2.08. The molecule has 0 fully saturated rings. The summed E-state index contributed by atoms with van der Waals surface area (Å²) in [4.78, 5) is 4.18. The molecule has 0 spiro atoms. The van der Waals surface area contributed by atoms with Gasteiger partial charge in [0.1, 0.15) is 23.9 Å². The molecule has 0 atom stereocenters. The zero-order valence-corrected chi connectivity index (χ0v) is 13.4. The van der Waals surface area contributed by atoms with Gasteiger partial charge in [0.25, 0.3) is 0 Å². The summed E-state index contributed by atoms with van der Waals surface area (Å²) >= 11 is 6.86. The fourth-order valence-corrected chi connectivity index (χ4v) is 2.43. The fraction of sp³-hybridized carbons (Fsp3) is 0.154. The maximum Gasteiger partial charge on any atom is 0.135 e. The Morgan fingerprint density at radius 3 is 2.53 bits per heavy atom. The molecule has 100 valence electrons. The lowest BCUT2D eigenvalue weighted by molar-refractivity contribution is 0.298. The minimum Gasteiger partial charge on any atom is -0.496 e. The lowest BCUT2D eigenvalue weighted by atomic mass is 10.3. The number of pyridine rings is 1. The zero-order chi connectivity index (χ0) is 13.8. The van der Waals surface area contributed by atoms with Crippen LogP contribution in [0.15, 0.2) is 39.3 Å². The molecule has 4 nitrogen and oxygen atoms in total. The second-order valence-electron chi connectivity index (χ2n) is 3.76. The Labute approximate surface area is 128 Å². The van der Waals surface area contributed by atoms with E-state index in [1.807, 2.05) is 24.3 Å². The second-order valence-corrected chi connectivity index (χ2v) is 5.47. The lowest BCUT2D eigenvalue weighted by Crippen LogP contribution is -2.01. The van der Waals surface area contributed by atoms with Gasteiger partial charge >= 0.3 is 0 Å². The van der Waals surface area contributed by atoms with E-state index in [-0.39, 0.29) is 0 Å². The van der Waals surface area contributed by atoms with Crippen LogP contribution in [0.2, 0.25) is 0 Å². The van der Waals surface area contributed by atoms with Crippen LogP contribution in [0.3, 0.4) is 0 Å². The first-order valence-electron chi connectivity index (χ1n) is 5.47. The Balaban J connectivity index is 2.13. The van der Waals surface area contributed by atoms with E-state index in [1.165, 1.54) is 0 Å². The van der Waals surface area contributed by atoms with E-state index in [0.717, 1.165) is 20.4 Å². The molecule has 1 aromatic heterocycles. The van der Waals surface area contributed by atoms with Gasteiger partial charge in [0, 0.05) is 0 Å². The number of rotatable bonds is 4. The van der Waals surface area contributed by atoms with Crippen LogP contribution < -0.4 is 15.2 Å². The molecule has 0 aliphatic rings. The quantitative estimate of drug-likeness (QED) is 0.867. The minimum atomic E-state index is 0.350. The van der Waals surface area contributed by atoms with Gasteiger partial charge in [-0.05, 0) is 56.1 Å². The van der Waals surface area contributed by atoms with E-state index in [0.29, 0.717) is 18.2 Å². The van der Waals surface area contributed by atoms with Crippen molar-refractivity contribution < 1.29 is 9.47 Å². The van der Waals surface area contributed by atoms with Gasteiger partial charge in [0.05, 0.1) is 21.7 Å². The molecular weight excluding hydrogens is 376 g/mol. The van der Waals surface area contributed by atoms with Crippen molar-refractivity contribution in [2.45, 2.75) is 6.61 Å². The van der Waals surface area contributed by atoms with E-state index in [9.17, 15) is 0 Å². The summed E-state index contributed by atoms with van der Waals surface area (Å²) in [6.45, 7) is 0.350. The van der Waals surface area contributed by atoms with Crippen molar-refractivity contribution in [3.63, 3.8) is 0 Å². The zero-order valence-electron chi connectivity index (χ0n) is 10.2. The fourth-order valence-electron chi connectivity index (χ4n) is 1.51. The summed E-state index contributed by atoms with van der Waals surface area (Å²) in [5, 5.41) is 0. The number of nitrogens with two attached hydrogens (primary N) is 1. The number of nitrogens with zero attached hydrogens (tertiary/aromatic N) is 1. The number of halogens is 2. The Bertz CT molecular complexity index is 591. The molecule has 1 heterocycles. The first kappa shape index (κ1) is 14.1. The normalized spacial score (nSPS) is 10.3. The van der Waals surface area contributed by atoms with Gasteiger partial charge in [-0.1, -0.05) is 6.07 Å². The summed E-state index contributed by atoms with van der Waals surface area (Å²) in [7, 11) is 1.61. The van der Waals surface area contributed by atoms with Crippen molar-refractivity contribution in [1.82, 2.24) is 4.98 Å². The maximum atomic E-state index is 5.71. The monoisotopic (exact) mass is 386 g/mol. The summed E-state index contributed by atoms with van der Waals surface area (Å²) < 4.78 is 12.5. The molecule has 19 heavy (non-hydrogen) atoms. The minimum absolute atomic E-state index is 0.350. The van der Waals surface area contributed by atoms with Crippen LogP contribution in [-0.2, 0) is 6.61 Å². The molecule has 6 heteroatoms. The number of hydrogen-bond acceptors (Lipinski definition) is 4. The average molecular weight is 388 g/mol. The largest absolute Gasteiger partial charge is 0.496 e. The molecule has 2 aromatic rings. The Hall–Kier alpha value is -1.27. The van der Waals surface area contributed by atoms with Crippen LogP contribution >= 0.6 is 31.9 Å². The molecule has 0 saturated carbocycles. The van der Waals surface area contributed by atoms with Gasteiger partial charge in [-0.2, -0.15) is 0 Å². The summed E-state index contributed by atoms with van der Waals surface area (Å²) in [5.74, 6) is 1.93. The van der Waals surface area contributed by atoms with Crippen molar-refractivity contribution in [3.8, 4) is 11.5 Å². The van der Waals surface area contributed by atoms with Gasteiger partial charge in [0.2, 0.25) is 0 Å². The average Bonchev–Trinajstić information content (AvgIpc) is 2.39. The maximum absolute atomic E-state index is 5.71. The van der Waals surface area contributed by atoms with Crippen LogP contribution in [0.4, 0.5) is 5.82 Å². The topological polar surface area (TPSA) is 57.4 Å². The van der Waals surface area contributed by atoms with Crippen molar-refractivity contribution in [2.24, 2.45) is 0 Å². The molecule has 1 aromatic carbocycles. The van der Waals surface area contributed by atoms with Crippen LogP contribution in [0, 0.1) is 0 Å². The van der Waals surface area contributed by atoms with Crippen LogP contribution in [0.25, 0.3) is 0 Å². The number of aromatic nitrogens is 1. The highest BCUT2D eigenvalue weighted by molar-refractivity contribution is 9.11. The third-order valence-electron chi connectivity index (χ3n) is 2.41. The predicted octanol–water partition coefficient (Wildman–Crippen LogP) is 3.78. The van der Waals surface area contributed by atoms with E-state index in [1.54, 1.807) is 13.2 Å². The third-order valence-corrected chi connectivity index (χ3v) is 3.65. The van der Waals surface area contributed by atoms with Crippen molar-refractivity contribution >= 4 is 37.7 Å².